The number of carbonyl (C=O) groups is 2. The lowest BCUT2D eigenvalue weighted by Crippen LogP contribution is -2.41. The number of aryl methyl sites for hydroxylation is 1. The molecule has 0 aliphatic rings. The van der Waals surface area contributed by atoms with Crippen LogP contribution in [0.15, 0.2) is 94.5 Å². The molecule has 3 aromatic carbocycles. The van der Waals surface area contributed by atoms with Crippen LogP contribution in [-0.2, 0) is 19.5 Å². The summed E-state index contributed by atoms with van der Waals surface area (Å²) < 4.78 is 8.05. The fourth-order valence-corrected chi connectivity index (χ4v) is 6.49. The third kappa shape index (κ3) is 7.44. The maximum absolute atomic E-state index is 13.9. The van der Waals surface area contributed by atoms with Crippen molar-refractivity contribution in [3.05, 3.63) is 127 Å². The summed E-state index contributed by atoms with van der Waals surface area (Å²) in [6.45, 7) is 6.21. The average molecular weight is 652 g/mol. The number of ketones is 1. The summed E-state index contributed by atoms with van der Waals surface area (Å²) in [5.41, 5.74) is 3.22. The summed E-state index contributed by atoms with van der Waals surface area (Å²) in [5, 5.41) is 12.4. The number of allylic oxidation sites excluding steroid dienone is 1. The molecule has 0 radical (unpaired) electrons. The maximum atomic E-state index is 13.9. The normalized spacial score (nSPS) is 11.5. The molecule has 242 valence electrons. The van der Waals surface area contributed by atoms with E-state index in [0.717, 1.165) is 44.5 Å². The number of Topliss-reactive ketones (excluding diaryl/α,β-unsaturated/α-hetero) is 1. The van der Waals surface area contributed by atoms with Gasteiger partial charge in [0.05, 0.1) is 25.1 Å². The van der Waals surface area contributed by atoms with Crippen LogP contribution in [0.1, 0.15) is 60.0 Å². The Morgan fingerprint density at radius 3 is 2.32 bits per heavy atom. The van der Waals surface area contributed by atoms with Crippen LogP contribution in [0.25, 0.3) is 27.0 Å². The number of amides is 1. The topological polar surface area (TPSA) is 120 Å². The molecule has 1 amide bonds. The van der Waals surface area contributed by atoms with Crippen LogP contribution in [0.4, 0.5) is 4.79 Å². The van der Waals surface area contributed by atoms with Gasteiger partial charge < -0.3 is 9.84 Å². The van der Waals surface area contributed by atoms with Crippen molar-refractivity contribution in [2.75, 3.05) is 6.61 Å². The van der Waals surface area contributed by atoms with Gasteiger partial charge in [-0.1, -0.05) is 74.9 Å². The number of aromatic nitrogens is 2. The van der Waals surface area contributed by atoms with Gasteiger partial charge in [-0.2, -0.15) is 0 Å². The largest absolute Gasteiger partial charge is 0.494 e. The average Bonchev–Trinajstić information content (AvgIpc) is 3.52. The zero-order valence-electron chi connectivity index (χ0n) is 26.6. The SMILES string of the molecule is CCC/C=C(/NC(=O)O)c1ccccc1-c1ccc(Cn2c(=O)n(CC(=O)c3ccc(OCC)cc3)c(=O)c3cc(CC)sc32)cc1. The van der Waals surface area contributed by atoms with Crippen molar-refractivity contribution >= 4 is 39.1 Å². The Morgan fingerprint density at radius 2 is 1.66 bits per heavy atom. The molecule has 0 spiro atoms. The van der Waals surface area contributed by atoms with E-state index in [4.69, 9.17) is 4.74 Å². The van der Waals surface area contributed by atoms with Crippen LogP contribution in [-0.4, -0.2) is 32.7 Å². The summed E-state index contributed by atoms with van der Waals surface area (Å²) in [6.07, 6.45) is 3.07. The van der Waals surface area contributed by atoms with Crippen LogP contribution in [0.5, 0.6) is 5.75 Å². The van der Waals surface area contributed by atoms with E-state index in [1.165, 1.54) is 11.3 Å². The molecular formula is C37H37N3O6S. The predicted octanol–water partition coefficient (Wildman–Crippen LogP) is 7.19. The highest BCUT2D eigenvalue weighted by atomic mass is 32.1. The lowest BCUT2D eigenvalue weighted by molar-refractivity contribution is 0.0968. The molecule has 0 aliphatic carbocycles. The van der Waals surface area contributed by atoms with Gasteiger partial charge in [0.1, 0.15) is 10.6 Å². The molecule has 5 rings (SSSR count). The zero-order valence-corrected chi connectivity index (χ0v) is 27.4. The van der Waals surface area contributed by atoms with Gasteiger partial charge in [0.2, 0.25) is 0 Å². The standard InChI is InChI=1S/C37H37N3O6S/c1-4-7-12-32(38-36(43)44)30-11-9-8-10-29(30)25-15-13-24(14-16-25)22-40-35-31(21-28(5-2)47-35)34(42)39(37(40)45)23-33(41)26-17-19-27(20-18-26)46-6-3/h8-21,38H,4-7,22-23H2,1-3H3,(H,43,44)/b32-12+. The molecule has 47 heavy (non-hydrogen) atoms. The highest BCUT2D eigenvalue weighted by Gasteiger charge is 2.19. The Hall–Kier alpha value is -5.22. The molecule has 0 aliphatic heterocycles. The molecule has 0 unspecified atom stereocenters. The maximum Gasteiger partial charge on any atom is 0.409 e. The fourth-order valence-electron chi connectivity index (χ4n) is 5.42. The highest BCUT2D eigenvalue weighted by molar-refractivity contribution is 7.18. The van der Waals surface area contributed by atoms with Gasteiger partial charge in [0.15, 0.2) is 5.78 Å². The van der Waals surface area contributed by atoms with Crippen molar-refractivity contribution in [2.45, 2.75) is 53.1 Å². The van der Waals surface area contributed by atoms with E-state index in [-0.39, 0.29) is 18.9 Å². The minimum Gasteiger partial charge on any atom is -0.494 e. The summed E-state index contributed by atoms with van der Waals surface area (Å²) >= 11 is 1.41. The molecule has 2 N–H and O–H groups in total. The minimum atomic E-state index is -1.13. The van der Waals surface area contributed by atoms with Gasteiger partial charge >= 0.3 is 11.8 Å². The number of benzene rings is 3. The van der Waals surface area contributed by atoms with Crippen LogP contribution >= 0.6 is 11.3 Å². The third-order valence-corrected chi connectivity index (χ3v) is 9.09. The second kappa shape index (κ2) is 14.9. The molecule has 0 fully saturated rings. The quantitative estimate of drug-likeness (QED) is 0.130. The Bertz CT molecular complexity index is 2050. The number of carbonyl (C=O) groups excluding carboxylic acids is 1. The Labute approximate surface area is 276 Å². The van der Waals surface area contributed by atoms with Gasteiger partial charge in [-0.05, 0) is 66.8 Å². The van der Waals surface area contributed by atoms with Crippen LogP contribution in [0.2, 0.25) is 0 Å². The van der Waals surface area contributed by atoms with Gasteiger partial charge in [0.25, 0.3) is 5.56 Å². The van der Waals surface area contributed by atoms with E-state index in [9.17, 15) is 24.3 Å². The molecular weight excluding hydrogens is 614 g/mol. The number of rotatable bonds is 13. The number of hydrogen-bond donors (Lipinski definition) is 2. The smallest absolute Gasteiger partial charge is 0.409 e. The Balaban J connectivity index is 1.50. The van der Waals surface area contributed by atoms with E-state index in [1.54, 1.807) is 28.8 Å². The zero-order chi connectivity index (χ0) is 33.5. The number of nitrogens with zero attached hydrogens (tertiary/aromatic N) is 2. The first-order valence-electron chi connectivity index (χ1n) is 15.6. The first-order chi connectivity index (χ1) is 22.7. The fraction of sp³-hybridized carbons (Fsp3) is 0.243. The van der Waals surface area contributed by atoms with Gasteiger partial charge in [0, 0.05) is 21.7 Å². The van der Waals surface area contributed by atoms with Gasteiger partial charge in [-0.3, -0.25) is 24.0 Å². The minimum absolute atomic E-state index is 0.195. The van der Waals surface area contributed by atoms with E-state index in [0.29, 0.717) is 40.3 Å². The molecule has 2 aromatic heterocycles. The number of ether oxygens (including phenoxy) is 1. The number of unbranched alkanes of at least 4 members (excludes halogenated alkanes) is 1. The lowest BCUT2D eigenvalue weighted by atomic mass is 9.96. The number of hydrogen-bond acceptors (Lipinski definition) is 6. The summed E-state index contributed by atoms with van der Waals surface area (Å²) in [6, 6.07) is 23.8. The number of carboxylic acid groups (broad SMARTS) is 1. The molecule has 0 bridgehead atoms. The van der Waals surface area contributed by atoms with Crippen molar-refractivity contribution < 1.29 is 19.4 Å². The highest BCUT2D eigenvalue weighted by Crippen LogP contribution is 2.29. The molecule has 2 heterocycles. The first-order valence-corrected chi connectivity index (χ1v) is 16.5. The first kappa shape index (κ1) is 33.2. The number of thiophene rings is 1. The summed E-state index contributed by atoms with van der Waals surface area (Å²) in [7, 11) is 0. The number of nitrogens with one attached hydrogen (secondary N) is 1. The van der Waals surface area contributed by atoms with Gasteiger partial charge in [-0.15, -0.1) is 11.3 Å². The summed E-state index contributed by atoms with van der Waals surface area (Å²) in [4.78, 5) is 53.8. The molecule has 0 atom stereocenters. The number of fused-ring (bicyclic) bond motifs is 1. The lowest BCUT2D eigenvalue weighted by Gasteiger charge is -2.15. The van der Waals surface area contributed by atoms with Crippen LogP contribution < -0.4 is 21.3 Å². The predicted molar refractivity (Wildman–Crippen MR) is 187 cm³/mol. The van der Waals surface area contributed by atoms with Crippen molar-refractivity contribution in [1.29, 1.82) is 0 Å². The van der Waals surface area contributed by atoms with Crippen molar-refractivity contribution in [1.82, 2.24) is 14.5 Å². The van der Waals surface area contributed by atoms with Crippen molar-refractivity contribution in [3.8, 4) is 16.9 Å². The van der Waals surface area contributed by atoms with E-state index >= 15 is 0 Å². The second-order valence-corrected chi connectivity index (χ2v) is 12.1. The van der Waals surface area contributed by atoms with Gasteiger partial charge in [-0.25, -0.2) is 9.59 Å². The third-order valence-electron chi connectivity index (χ3n) is 7.79. The van der Waals surface area contributed by atoms with E-state index < -0.39 is 17.3 Å². The van der Waals surface area contributed by atoms with E-state index in [2.05, 4.69) is 5.32 Å². The van der Waals surface area contributed by atoms with Crippen molar-refractivity contribution in [2.24, 2.45) is 0 Å². The summed E-state index contributed by atoms with van der Waals surface area (Å²) in [5.74, 6) is 0.284. The molecule has 9 nitrogen and oxygen atoms in total. The Morgan fingerprint density at radius 1 is 0.936 bits per heavy atom. The van der Waals surface area contributed by atoms with E-state index in [1.807, 2.05) is 81.4 Å². The molecule has 0 saturated carbocycles. The van der Waals surface area contributed by atoms with Crippen LogP contribution in [0, 0.1) is 0 Å². The molecule has 5 aromatic rings. The second-order valence-electron chi connectivity index (χ2n) is 11.0. The Kier molecular flexibility index (Phi) is 10.5. The monoisotopic (exact) mass is 651 g/mol. The van der Waals surface area contributed by atoms with Crippen molar-refractivity contribution in [3.63, 3.8) is 0 Å². The van der Waals surface area contributed by atoms with Crippen LogP contribution in [0.3, 0.4) is 0 Å². The molecule has 0 saturated heterocycles. The molecule has 10 heteroatoms.